The summed E-state index contributed by atoms with van der Waals surface area (Å²) in [4.78, 5) is 14.1. The Balaban J connectivity index is 1.77. The molecule has 2 unspecified atom stereocenters. The summed E-state index contributed by atoms with van der Waals surface area (Å²) in [5.41, 5.74) is 1.15. The van der Waals surface area contributed by atoms with Gasteiger partial charge < -0.3 is 9.64 Å². The number of carbonyl (C=O) groups excluding carboxylic acids is 1. The molecule has 1 aliphatic heterocycles. The predicted octanol–water partition coefficient (Wildman–Crippen LogP) is 3.21. The molecular formula is C15H20ClNO2S. The van der Waals surface area contributed by atoms with Crippen LogP contribution in [0.25, 0.3) is 0 Å². The number of hydrogen-bond donors (Lipinski definition) is 0. The summed E-state index contributed by atoms with van der Waals surface area (Å²) >= 11 is 7.57. The van der Waals surface area contributed by atoms with Crippen LogP contribution in [-0.2, 0) is 15.3 Å². The van der Waals surface area contributed by atoms with Gasteiger partial charge >= 0.3 is 0 Å². The van der Waals surface area contributed by atoms with Crippen LogP contribution in [0.4, 0.5) is 0 Å². The molecule has 1 aliphatic rings. The fraction of sp³-hybridized carbons (Fsp3) is 0.533. The van der Waals surface area contributed by atoms with Crippen molar-refractivity contribution in [3.05, 3.63) is 34.9 Å². The third kappa shape index (κ3) is 4.69. The Hall–Kier alpha value is -0.710. The first-order valence-electron chi connectivity index (χ1n) is 6.80. The number of ether oxygens (including phenoxy) is 1. The number of benzene rings is 1. The highest BCUT2D eigenvalue weighted by Gasteiger charge is 2.25. The van der Waals surface area contributed by atoms with Gasteiger partial charge in [0.1, 0.15) is 0 Å². The maximum absolute atomic E-state index is 12.2. The van der Waals surface area contributed by atoms with Crippen LogP contribution in [0, 0.1) is 0 Å². The minimum absolute atomic E-state index is 0.126. The average molecular weight is 314 g/mol. The molecule has 2 atom stereocenters. The molecule has 1 fully saturated rings. The molecule has 1 saturated heterocycles. The number of amides is 1. The maximum atomic E-state index is 12.2. The Morgan fingerprint density at radius 3 is 2.75 bits per heavy atom. The SMILES string of the molecule is CC1CN(C(=O)CSCc2cccc(Cl)c2)CC(C)O1. The second-order valence-electron chi connectivity index (χ2n) is 5.18. The summed E-state index contributed by atoms with van der Waals surface area (Å²) < 4.78 is 5.64. The molecule has 1 amide bonds. The lowest BCUT2D eigenvalue weighted by molar-refractivity contribution is -0.140. The molecule has 1 aromatic carbocycles. The molecule has 1 aromatic rings. The van der Waals surface area contributed by atoms with Gasteiger partial charge in [-0.2, -0.15) is 0 Å². The van der Waals surface area contributed by atoms with E-state index in [2.05, 4.69) is 0 Å². The quantitative estimate of drug-likeness (QED) is 0.855. The minimum Gasteiger partial charge on any atom is -0.372 e. The van der Waals surface area contributed by atoms with Gasteiger partial charge in [-0.3, -0.25) is 4.79 Å². The topological polar surface area (TPSA) is 29.5 Å². The lowest BCUT2D eigenvalue weighted by Crippen LogP contribution is -2.48. The summed E-state index contributed by atoms with van der Waals surface area (Å²) in [6.45, 7) is 5.41. The van der Waals surface area contributed by atoms with Gasteiger partial charge in [-0.25, -0.2) is 0 Å². The van der Waals surface area contributed by atoms with Crippen molar-refractivity contribution in [1.29, 1.82) is 0 Å². The lowest BCUT2D eigenvalue weighted by Gasteiger charge is -2.35. The second kappa shape index (κ2) is 7.34. The summed E-state index contributed by atoms with van der Waals surface area (Å²) in [6, 6.07) is 7.77. The summed E-state index contributed by atoms with van der Waals surface area (Å²) in [6.07, 6.45) is 0.251. The molecule has 0 N–H and O–H groups in total. The molecule has 0 aliphatic carbocycles. The van der Waals surface area contributed by atoms with E-state index in [0.29, 0.717) is 18.8 Å². The molecule has 0 bridgehead atoms. The fourth-order valence-corrected chi connectivity index (χ4v) is 3.44. The fourth-order valence-electron chi connectivity index (χ4n) is 2.36. The van der Waals surface area contributed by atoms with Crippen molar-refractivity contribution in [2.45, 2.75) is 31.8 Å². The van der Waals surface area contributed by atoms with Crippen LogP contribution in [0.15, 0.2) is 24.3 Å². The number of rotatable bonds is 4. The van der Waals surface area contributed by atoms with Crippen LogP contribution in [0.3, 0.4) is 0 Å². The number of carbonyl (C=O) groups is 1. The van der Waals surface area contributed by atoms with E-state index < -0.39 is 0 Å². The molecule has 20 heavy (non-hydrogen) atoms. The first-order chi connectivity index (χ1) is 9.54. The molecule has 1 heterocycles. The zero-order valence-corrected chi connectivity index (χ0v) is 13.4. The van der Waals surface area contributed by atoms with Crippen LogP contribution in [0.1, 0.15) is 19.4 Å². The van der Waals surface area contributed by atoms with Gasteiger partial charge in [-0.15, -0.1) is 11.8 Å². The molecule has 0 aromatic heterocycles. The van der Waals surface area contributed by atoms with E-state index in [1.165, 1.54) is 0 Å². The predicted molar refractivity (Wildman–Crippen MR) is 84.2 cm³/mol. The molecule has 2 rings (SSSR count). The minimum atomic E-state index is 0.126. The first-order valence-corrected chi connectivity index (χ1v) is 8.33. The smallest absolute Gasteiger partial charge is 0.232 e. The molecule has 0 radical (unpaired) electrons. The van der Waals surface area contributed by atoms with Crippen LogP contribution < -0.4 is 0 Å². The molecule has 5 heteroatoms. The van der Waals surface area contributed by atoms with Crippen LogP contribution >= 0.6 is 23.4 Å². The Labute approximate surface area is 129 Å². The first kappa shape index (κ1) is 15.7. The van der Waals surface area contributed by atoms with E-state index in [0.717, 1.165) is 16.3 Å². The van der Waals surface area contributed by atoms with Crippen molar-refractivity contribution in [2.75, 3.05) is 18.8 Å². The van der Waals surface area contributed by atoms with Gasteiger partial charge in [0, 0.05) is 23.9 Å². The van der Waals surface area contributed by atoms with E-state index in [9.17, 15) is 4.79 Å². The van der Waals surface area contributed by atoms with E-state index >= 15 is 0 Å². The number of halogens is 1. The molecular weight excluding hydrogens is 294 g/mol. The van der Waals surface area contributed by atoms with E-state index in [4.69, 9.17) is 16.3 Å². The Morgan fingerprint density at radius 2 is 2.10 bits per heavy atom. The van der Waals surface area contributed by atoms with Crippen molar-refractivity contribution in [2.24, 2.45) is 0 Å². The highest BCUT2D eigenvalue weighted by Crippen LogP contribution is 2.18. The van der Waals surface area contributed by atoms with Gasteiger partial charge in [0.15, 0.2) is 0 Å². The van der Waals surface area contributed by atoms with Crippen molar-refractivity contribution in [1.82, 2.24) is 4.90 Å². The number of hydrogen-bond acceptors (Lipinski definition) is 3. The number of thioether (sulfide) groups is 1. The van der Waals surface area contributed by atoms with Gasteiger partial charge in [0.05, 0.1) is 18.0 Å². The molecule has 0 saturated carbocycles. The van der Waals surface area contributed by atoms with Crippen molar-refractivity contribution in [3.63, 3.8) is 0 Å². The zero-order chi connectivity index (χ0) is 14.5. The molecule has 3 nitrogen and oxygen atoms in total. The maximum Gasteiger partial charge on any atom is 0.232 e. The van der Waals surface area contributed by atoms with E-state index in [1.54, 1.807) is 11.8 Å². The third-order valence-electron chi connectivity index (χ3n) is 3.16. The Bertz CT molecular complexity index is 459. The zero-order valence-electron chi connectivity index (χ0n) is 11.8. The lowest BCUT2D eigenvalue weighted by atomic mass is 10.2. The highest BCUT2D eigenvalue weighted by molar-refractivity contribution is 7.99. The third-order valence-corrected chi connectivity index (χ3v) is 4.38. The van der Waals surface area contributed by atoms with E-state index in [1.807, 2.05) is 43.0 Å². The second-order valence-corrected chi connectivity index (χ2v) is 6.60. The van der Waals surface area contributed by atoms with Crippen LogP contribution in [0.2, 0.25) is 5.02 Å². The number of nitrogens with zero attached hydrogens (tertiary/aromatic N) is 1. The van der Waals surface area contributed by atoms with Gasteiger partial charge in [0.25, 0.3) is 0 Å². The monoisotopic (exact) mass is 313 g/mol. The van der Waals surface area contributed by atoms with E-state index in [-0.39, 0.29) is 18.1 Å². The Morgan fingerprint density at radius 1 is 1.40 bits per heavy atom. The molecule has 110 valence electrons. The van der Waals surface area contributed by atoms with Gasteiger partial charge in [0.2, 0.25) is 5.91 Å². The average Bonchev–Trinajstić information content (AvgIpc) is 2.37. The normalized spacial score (nSPS) is 22.9. The summed E-state index contributed by atoms with van der Waals surface area (Å²) in [5.74, 6) is 1.51. The van der Waals surface area contributed by atoms with Crippen molar-refractivity contribution >= 4 is 29.3 Å². The standard InChI is InChI=1S/C15H20ClNO2S/c1-11-7-17(8-12(2)19-11)15(18)10-20-9-13-4-3-5-14(16)6-13/h3-6,11-12H,7-10H2,1-2H3. The largest absolute Gasteiger partial charge is 0.372 e. The summed E-state index contributed by atoms with van der Waals surface area (Å²) in [5, 5.41) is 0.741. The van der Waals surface area contributed by atoms with Crippen molar-refractivity contribution in [3.8, 4) is 0 Å². The van der Waals surface area contributed by atoms with Crippen LogP contribution in [0.5, 0.6) is 0 Å². The summed E-state index contributed by atoms with van der Waals surface area (Å²) in [7, 11) is 0. The van der Waals surface area contributed by atoms with Crippen LogP contribution in [-0.4, -0.2) is 41.9 Å². The van der Waals surface area contributed by atoms with Gasteiger partial charge in [-0.1, -0.05) is 23.7 Å². The van der Waals surface area contributed by atoms with Crippen molar-refractivity contribution < 1.29 is 9.53 Å². The molecule has 0 spiro atoms. The highest BCUT2D eigenvalue weighted by atomic mass is 35.5. The van der Waals surface area contributed by atoms with Gasteiger partial charge in [-0.05, 0) is 31.5 Å². The number of morpholine rings is 1. The Kier molecular flexibility index (Phi) is 5.75.